The number of aromatic nitrogens is 1. The van der Waals surface area contributed by atoms with Crippen molar-refractivity contribution in [3.63, 3.8) is 0 Å². The van der Waals surface area contributed by atoms with Crippen LogP contribution in [-0.4, -0.2) is 4.57 Å². The van der Waals surface area contributed by atoms with E-state index in [0.29, 0.717) is 0 Å². The molecular formula is C14H18N2. The van der Waals surface area contributed by atoms with E-state index in [1.54, 1.807) is 0 Å². The molecule has 2 nitrogen and oxygen atoms in total. The molecule has 2 aromatic rings. The van der Waals surface area contributed by atoms with Gasteiger partial charge in [0.15, 0.2) is 0 Å². The smallest absolute Gasteiger partial charge is 0.0992 e. The van der Waals surface area contributed by atoms with Crippen LogP contribution in [0.5, 0.6) is 0 Å². The molecule has 0 radical (unpaired) electrons. The lowest BCUT2D eigenvalue weighted by Crippen LogP contribution is -1.90. The highest BCUT2D eigenvalue weighted by molar-refractivity contribution is 5.81. The molecule has 0 atom stereocenters. The molecule has 1 aromatic heterocycles. The number of hydrogen-bond donors (Lipinski definition) is 0. The summed E-state index contributed by atoms with van der Waals surface area (Å²) in [5, 5.41) is 9.93. The molecule has 2 rings (SSSR count). The maximum absolute atomic E-state index is 8.74. The van der Waals surface area contributed by atoms with Gasteiger partial charge in [-0.15, -0.1) is 0 Å². The minimum atomic E-state index is 0.723. The van der Waals surface area contributed by atoms with Crippen molar-refractivity contribution in [1.82, 2.24) is 4.57 Å². The zero-order valence-electron chi connectivity index (χ0n) is 10.2. The monoisotopic (exact) mass is 214 g/mol. The maximum atomic E-state index is 8.74. The highest BCUT2D eigenvalue weighted by Crippen LogP contribution is 2.16. The minimum Gasteiger partial charge on any atom is -0.348 e. The van der Waals surface area contributed by atoms with Gasteiger partial charge in [0.2, 0.25) is 0 Å². The van der Waals surface area contributed by atoms with Crippen molar-refractivity contribution < 1.29 is 0 Å². The molecule has 2 heteroatoms. The van der Waals surface area contributed by atoms with Gasteiger partial charge >= 0.3 is 0 Å². The Kier molecular flexibility index (Phi) is 4.60. The van der Waals surface area contributed by atoms with Gasteiger partial charge in [-0.25, -0.2) is 0 Å². The first-order valence-corrected chi connectivity index (χ1v) is 5.75. The van der Waals surface area contributed by atoms with Crippen molar-refractivity contribution in [3.05, 3.63) is 36.0 Å². The summed E-state index contributed by atoms with van der Waals surface area (Å²) in [7, 11) is 0. The summed E-state index contributed by atoms with van der Waals surface area (Å²) in [6.07, 6.45) is 3.30. The van der Waals surface area contributed by atoms with E-state index >= 15 is 0 Å². The molecule has 0 saturated heterocycles. The van der Waals surface area contributed by atoms with Crippen LogP contribution in [-0.2, 0) is 6.54 Å². The third-order valence-corrected chi connectivity index (χ3v) is 2.24. The van der Waals surface area contributed by atoms with E-state index in [1.165, 1.54) is 11.8 Å². The molecule has 0 aliphatic heterocycles. The molecule has 0 amide bonds. The van der Waals surface area contributed by atoms with Crippen LogP contribution >= 0.6 is 0 Å². The second-order valence-electron chi connectivity index (χ2n) is 3.69. The molecule has 0 unspecified atom stereocenters. The first-order chi connectivity index (χ1) is 7.76. The molecule has 1 aromatic carbocycles. The number of nitriles is 1. The Morgan fingerprint density at radius 2 is 1.88 bits per heavy atom. The number of fused-ring (bicyclic) bond motifs is 1. The number of aryl methyl sites for hydroxylation is 1. The SMILES string of the molecule is CCC.CCn1ccc2ccc(C#N)cc21. The second kappa shape index (κ2) is 5.97. The van der Waals surface area contributed by atoms with E-state index in [1.807, 2.05) is 24.4 Å². The van der Waals surface area contributed by atoms with Gasteiger partial charge in [-0.2, -0.15) is 5.26 Å². The molecule has 16 heavy (non-hydrogen) atoms. The normalized spacial score (nSPS) is 9.38. The zero-order valence-corrected chi connectivity index (χ0v) is 10.2. The second-order valence-corrected chi connectivity index (χ2v) is 3.69. The van der Waals surface area contributed by atoms with Crippen molar-refractivity contribution in [2.45, 2.75) is 33.7 Å². The third kappa shape index (κ3) is 2.64. The Morgan fingerprint density at radius 1 is 1.19 bits per heavy atom. The molecular weight excluding hydrogens is 196 g/mol. The Balaban J connectivity index is 0.000000386. The van der Waals surface area contributed by atoms with Gasteiger partial charge < -0.3 is 4.57 Å². The predicted octanol–water partition coefficient (Wildman–Crippen LogP) is 3.95. The van der Waals surface area contributed by atoms with Crippen molar-refractivity contribution in [3.8, 4) is 6.07 Å². The fraction of sp³-hybridized carbons (Fsp3) is 0.357. The van der Waals surface area contributed by atoms with Gasteiger partial charge in [0.05, 0.1) is 11.6 Å². The highest BCUT2D eigenvalue weighted by atomic mass is 14.9. The number of hydrogen-bond acceptors (Lipinski definition) is 1. The van der Waals surface area contributed by atoms with Crippen molar-refractivity contribution in [1.29, 1.82) is 5.26 Å². The van der Waals surface area contributed by atoms with E-state index in [2.05, 4.69) is 37.5 Å². The van der Waals surface area contributed by atoms with Crippen LogP contribution in [0.25, 0.3) is 10.9 Å². The van der Waals surface area contributed by atoms with E-state index in [0.717, 1.165) is 17.6 Å². The van der Waals surface area contributed by atoms with Gasteiger partial charge in [-0.1, -0.05) is 26.3 Å². The van der Waals surface area contributed by atoms with Gasteiger partial charge in [-0.3, -0.25) is 0 Å². The van der Waals surface area contributed by atoms with Crippen LogP contribution in [0.3, 0.4) is 0 Å². The van der Waals surface area contributed by atoms with Crippen LogP contribution in [0.2, 0.25) is 0 Å². The van der Waals surface area contributed by atoms with Crippen molar-refractivity contribution in [2.24, 2.45) is 0 Å². The van der Waals surface area contributed by atoms with Crippen LogP contribution < -0.4 is 0 Å². The van der Waals surface area contributed by atoms with E-state index in [4.69, 9.17) is 5.26 Å². The molecule has 0 aliphatic carbocycles. The van der Waals surface area contributed by atoms with E-state index in [9.17, 15) is 0 Å². The Labute approximate surface area is 97.1 Å². The zero-order chi connectivity index (χ0) is 12.0. The fourth-order valence-corrected chi connectivity index (χ4v) is 1.53. The summed E-state index contributed by atoms with van der Waals surface area (Å²) in [6, 6.07) is 9.98. The third-order valence-electron chi connectivity index (χ3n) is 2.24. The lowest BCUT2D eigenvalue weighted by molar-refractivity contribution is 0.797. The maximum Gasteiger partial charge on any atom is 0.0992 e. The first kappa shape index (κ1) is 12.3. The van der Waals surface area contributed by atoms with Crippen LogP contribution in [0.15, 0.2) is 30.5 Å². The molecule has 0 spiro atoms. The molecule has 0 N–H and O–H groups in total. The van der Waals surface area contributed by atoms with Gasteiger partial charge in [0.1, 0.15) is 0 Å². The van der Waals surface area contributed by atoms with Gasteiger partial charge in [0.25, 0.3) is 0 Å². The number of nitrogens with zero attached hydrogens (tertiary/aromatic N) is 2. The number of rotatable bonds is 1. The molecule has 0 aliphatic rings. The average Bonchev–Trinajstić information content (AvgIpc) is 2.71. The summed E-state index contributed by atoms with van der Waals surface area (Å²) in [5.41, 5.74) is 1.86. The predicted molar refractivity (Wildman–Crippen MR) is 68.3 cm³/mol. The Bertz CT molecular complexity index is 489. The summed E-state index contributed by atoms with van der Waals surface area (Å²) in [4.78, 5) is 0. The molecule has 0 saturated carbocycles. The lowest BCUT2D eigenvalue weighted by Gasteiger charge is -1.99. The average molecular weight is 214 g/mol. The van der Waals surface area contributed by atoms with Crippen molar-refractivity contribution >= 4 is 10.9 Å². The number of benzene rings is 1. The van der Waals surface area contributed by atoms with Crippen molar-refractivity contribution in [2.75, 3.05) is 0 Å². The van der Waals surface area contributed by atoms with Crippen LogP contribution in [0.1, 0.15) is 32.8 Å². The lowest BCUT2D eigenvalue weighted by atomic mass is 10.2. The largest absolute Gasteiger partial charge is 0.348 e. The van der Waals surface area contributed by atoms with E-state index in [-0.39, 0.29) is 0 Å². The molecule has 0 fully saturated rings. The van der Waals surface area contributed by atoms with Crippen LogP contribution in [0, 0.1) is 11.3 Å². The summed E-state index contributed by atoms with van der Waals surface area (Å²) in [6.45, 7) is 7.29. The van der Waals surface area contributed by atoms with E-state index < -0.39 is 0 Å². The Hall–Kier alpha value is -1.75. The molecule has 0 bridgehead atoms. The topological polar surface area (TPSA) is 28.7 Å². The summed E-state index contributed by atoms with van der Waals surface area (Å²) >= 11 is 0. The minimum absolute atomic E-state index is 0.723. The first-order valence-electron chi connectivity index (χ1n) is 5.75. The Morgan fingerprint density at radius 3 is 2.44 bits per heavy atom. The van der Waals surface area contributed by atoms with Crippen LogP contribution in [0.4, 0.5) is 0 Å². The molecule has 1 heterocycles. The standard InChI is InChI=1S/C11H10N2.C3H8/c1-2-13-6-5-10-4-3-9(8-12)7-11(10)13;1-3-2/h3-7H,2H2,1H3;3H2,1-2H3. The van der Waals surface area contributed by atoms with Gasteiger partial charge in [-0.05, 0) is 30.5 Å². The summed E-state index contributed by atoms with van der Waals surface area (Å²) < 4.78 is 2.14. The molecule has 84 valence electrons. The van der Waals surface area contributed by atoms with Gasteiger partial charge in [0, 0.05) is 18.3 Å². The fourth-order valence-electron chi connectivity index (χ4n) is 1.53. The summed E-state index contributed by atoms with van der Waals surface area (Å²) in [5.74, 6) is 0. The highest BCUT2D eigenvalue weighted by Gasteiger charge is 1.99. The quantitative estimate of drug-likeness (QED) is 0.706.